The molecule has 0 aliphatic carbocycles. The number of hydrogen-bond donors (Lipinski definition) is 1. The van der Waals surface area contributed by atoms with E-state index in [-0.39, 0.29) is 0 Å². The molecular weight excluding hydrogens is 258 g/mol. The highest BCUT2D eigenvalue weighted by molar-refractivity contribution is 5.41. The fourth-order valence-corrected chi connectivity index (χ4v) is 2.80. The van der Waals surface area contributed by atoms with Gasteiger partial charge in [-0.05, 0) is 43.9 Å². The molecule has 1 rings (SSSR count). The van der Waals surface area contributed by atoms with Crippen molar-refractivity contribution >= 4 is 5.82 Å². The largest absolute Gasteiger partial charge is 0.353 e. The van der Waals surface area contributed by atoms with E-state index in [1.165, 1.54) is 18.4 Å². The molecule has 0 aliphatic heterocycles. The number of nitrogens with zero attached hydrogens (tertiary/aromatic N) is 2. The molecule has 1 heterocycles. The number of aromatic nitrogens is 1. The highest BCUT2D eigenvalue weighted by Crippen LogP contribution is 2.21. The molecule has 0 amide bonds. The summed E-state index contributed by atoms with van der Waals surface area (Å²) in [5, 5.41) is 3.43. The van der Waals surface area contributed by atoms with Gasteiger partial charge in [-0.2, -0.15) is 0 Å². The van der Waals surface area contributed by atoms with Crippen molar-refractivity contribution in [3.8, 4) is 0 Å². The standard InChI is InChI=1S/C18H33N3/c1-7-17(8-2)21(13-14(4)5)18-11-10-16(12-20-18)15(6)19-9-3/h10-12,14-15,17,19H,7-9,13H2,1-6H3. The van der Waals surface area contributed by atoms with E-state index >= 15 is 0 Å². The molecule has 1 unspecified atom stereocenters. The molecule has 0 aromatic carbocycles. The fourth-order valence-electron chi connectivity index (χ4n) is 2.80. The van der Waals surface area contributed by atoms with Gasteiger partial charge in [0.2, 0.25) is 0 Å². The molecule has 0 bridgehead atoms. The first-order chi connectivity index (χ1) is 10.0. The summed E-state index contributed by atoms with van der Waals surface area (Å²) in [6.45, 7) is 15.5. The van der Waals surface area contributed by atoms with Gasteiger partial charge < -0.3 is 10.2 Å². The summed E-state index contributed by atoms with van der Waals surface area (Å²) in [6, 6.07) is 5.34. The number of pyridine rings is 1. The SMILES string of the molecule is CCNC(C)c1ccc(N(CC(C)C)C(CC)CC)nc1. The average Bonchev–Trinajstić information content (AvgIpc) is 2.47. The first-order valence-electron chi connectivity index (χ1n) is 8.49. The van der Waals surface area contributed by atoms with E-state index in [4.69, 9.17) is 4.98 Å². The lowest BCUT2D eigenvalue weighted by atomic mass is 10.1. The molecule has 0 radical (unpaired) electrons. The Labute approximate surface area is 131 Å². The quantitative estimate of drug-likeness (QED) is 0.731. The number of rotatable bonds is 9. The summed E-state index contributed by atoms with van der Waals surface area (Å²) in [5.74, 6) is 1.76. The minimum Gasteiger partial charge on any atom is -0.353 e. The molecule has 21 heavy (non-hydrogen) atoms. The Hall–Kier alpha value is -1.09. The lowest BCUT2D eigenvalue weighted by Crippen LogP contribution is -2.38. The van der Waals surface area contributed by atoms with Crippen molar-refractivity contribution in [2.24, 2.45) is 5.92 Å². The third-order valence-corrected chi connectivity index (χ3v) is 4.02. The van der Waals surface area contributed by atoms with E-state index in [0.717, 1.165) is 18.9 Å². The van der Waals surface area contributed by atoms with Gasteiger partial charge in [0.15, 0.2) is 0 Å². The molecule has 1 N–H and O–H groups in total. The third-order valence-electron chi connectivity index (χ3n) is 4.02. The maximum atomic E-state index is 4.74. The summed E-state index contributed by atoms with van der Waals surface area (Å²) >= 11 is 0. The van der Waals surface area contributed by atoms with E-state index in [1.54, 1.807) is 0 Å². The van der Waals surface area contributed by atoms with Crippen LogP contribution in [0.2, 0.25) is 0 Å². The molecule has 3 nitrogen and oxygen atoms in total. The van der Waals surface area contributed by atoms with Crippen molar-refractivity contribution in [1.82, 2.24) is 10.3 Å². The molecule has 0 saturated carbocycles. The highest BCUT2D eigenvalue weighted by atomic mass is 15.2. The smallest absolute Gasteiger partial charge is 0.128 e. The Balaban J connectivity index is 2.92. The van der Waals surface area contributed by atoms with Crippen LogP contribution in [-0.4, -0.2) is 24.1 Å². The second kappa shape index (κ2) is 9.04. The summed E-state index contributed by atoms with van der Waals surface area (Å²) in [5.41, 5.74) is 1.26. The Morgan fingerprint density at radius 1 is 1.10 bits per heavy atom. The minimum absolute atomic E-state index is 0.364. The van der Waals surface area contributed by atoms with Gasteiger partial charge in [0.1, 0.15) is 5.82 Å². The van der Waals surface area contributed by atoms with Crippen LogP contribution in [0.15, 0.2) is 18.3 Å². The maximum absolute atomic E-state index is 4.74. The van der Waals surface area contributed by atoms with Gasteiger partial charge in [-0.25, -0.2) is 4.98 Å². The van der Waals surface area contributed by atoms with Gasteiger partial charge >= 0.3 is 0 Å². The van der Waals surface area contributed by atoms with Crippen molar-refractivity contribution in [2.45, 2.75) is 66.5 Å². The lowest BCUT2D eigenvalue weighted by Gasteiger charge is -2.33. The molecule has 0 fully saturated rings. The van der Waals surface area contributed by atoms with Crippen molar-refractivity contribution in [3.05, 3.63) is 23.9 Å². The molecule has 1 atom stereocenters. The Morgan fingerprint density at radius 2 is 1.76 bits per heavy atom. The van der Waals surface area contributed by atoms with E-state index in [2.05, 4.69) is 63.9 Å². The van der Waals surface area contributed by atoms with Gasteiger partial charge in [-0.1, -0.05) is 40.7 Å². The topological polar surface area (TPSA) is 28.2 Å². The maximum Gasteiger partial charge on any atom is 0.128 e. The van der Waals surface area contributed by atoms with Crippen molar-refractivity contribution in [1.29, 1.82) is 0 Å². The van der Waals surface area contributed by atoms with E-state index < -0.39 is 0 Å². The van der Waals surface area contributed by atoms with Crippen LogP contribution < -0.4 is 10.2 Å². The first-order valence-corrected chi connectivity index (χ1v) is 8.49. The van der Waals surface area contributed by atoms with Gasteiger partial charge in [-0.15, -0.1) is 0 Å². The van der Waals surface area contributed by atoms with Crippen LogP contribution in [0.3, 0.4) is 0 Å². The lowest BCUT2D eigenvalue weighted by molar-refractivity contribution is 0.503. The van der Waals surface area contributed by atoms with Gasteiger partial charge in [-0.3, -0.25) is 0 Å². The zero-order valence-corrected chi connectivity index (χ0v) is 14.7. The summed E-state index contributed by atoms with van der Waals surface area (Å²) < 4.78 is 0. The van der Waals surface area contributed by atoms with Crippen LogP contribution in [0.5, 0.6) is 0 Å². The van der Waals surface area contributed by atoms with Crippen molar-refractivity contribution < 1.29 is 0 Å². The number of hydrogen-bond acceptors (Lipinski definition) is 3. The van der Waals surface area contributed by atoms with E-state index in [9.17, 15) is 0 Å². The van der Waals surface area contributed by atoms with Gasteiger partial charge in [0.05, 0.1) is 0 Å². The van der Waals surface area contributed by atoms with Crippen LogP contribution in [-0.2, 0) is 0 Å². The zero-order chi connectivity index (χ0) is 15.8. The summed E-state index contributed by atoms with van der Waals surface area (Å²) in [7, 11) is 0. The Bertz CT molecular complexity index is 382. The van der Waals surface area contributed by atoms with E-state index in [1.807, 2.05) is 6.20 Å². The number of nitrogens with one attached hydrogen (secondary N) is 1. The van der Waals surface area contributed by atoms with Crippen LogP contribution in [0.4, 0.5) is 5.82 Å². The van der Waals surface area contributed by atoms with Crippen LogP contribution in [0.25, 0.3) is 0 Å². The average molecular weight is 291 g/mol. The molecule has 3 heteroatoms. The highest BCUT2D eigenvalue weighted by Gasteiger charge is 2.18. The molecule has 1 aromatic heterocycles. The predicted molar refractivity (Wildman–Crippen MR) is 92.9 cm³/mol. The predicted octanol–water partition coefficient (Wildman–Crippen LogP) is 4.40. The minimum atomic E-state index is 0.364. The molecule has 0 spiro atoms. The zero-order valence-electron chi connectivity index (χ0n) is 14.7. The van der Waals surface area contributed by atoms with E-state index in [0.29, 0.717) is 18.0 Å². The van der Waals surface area contributed by atoms with Crippen molar-refractivity contribution in [3.63, 3.8) is 0 Å². The van der Waals surface area contributed by atoms with Crippen LogP contribution >= 0.6 is 0 Å². The normalized spacial score (nSPS) is 13.0. The second-order valence-corrected chi connectivity index (χ2v) is 6.25. The fraction of sp³-hybridized carbons (Fsp3) is 0.722. The Kier molecular flexibility index (Phi) is 7.73. The number of anilines is 1. The Morgan fingerprint density at radius 3 is 2.19 bits per heavy atom. The third kappa shape index (κ3) is 5.31. The monoisotopic (exact) mass is 291 g/mol. The molecule has 120 valence electrons. The van der Waals surface area contributed by atoms with Crippen LogP contribution in [0, 0.1) is 5.92 Å². The van der Waals surface area contributed by atoms with Crippen LogP contribution in [0.1, 0.15) is 66.0 Å². The van der Waals surface area contributed by atoms with Gasteiger partial charge in [0.25, 0.3) is 0 Å². The molecule has 0 saturated heterocycles. The second-order valence-electron chi connectivity index (χ2n) is 6.25. The summed E-state index contributed by atoms with van der Waals surface area (Å²) in [6.07, 6.45) is 4.36. The molecule has 0 aliphatic rings. The van der Waals surface area contributed by atoms with Crippen molar-refractivity contribution in [2.75, 3.05) is 18.0 Å². The molecule has 1 aromatic rings. The molecular formula is C18H33N3. The summed E-state index contributed by atoms with van der Waals surface area (Å²) in [4.78, 5) is 7.22. The van der Waals surface area contributed by atoms with Gasteiger partial charge in [0, 0.05) is 24.8 Å². The first kappa shape index (κ1) is 18.0.